The lowest BCUT2D eigenvalue weighted by Crippen LogP contribution is -2.49. The number of nitrogens with zero attached hydrogens (tertiary/aromatic N) is 4. The minimum atomic E-state index is -1.80. The fourth-order valence-electron chi connectivity index (χ4n) is 4.59. The van der Waals surface area contributed by atoms with Crippen LogP contribution < -0.4 is 5.32 Å². The van der Waals surface area contributed by atoms with E-state index in [1.165, 1.54) is 9.58 Å². The second kappa shape index (κ2) is 12.6. The van der Waals surface area contributed by atoms with Crippen LogP contribution in [-0.2, 0) is 14.4 Å². The summed E-state index contributed by atoms with van der Waals surface area (Å²) in [5.41, 5.74) is 5.56. The molecule has 2 heterocycles. The van der Waals surface area contributed by atoms with Gasteiger partial charge in [-0.05, 0) is 35.6 Å². The Hall–Kier alpha value is -3.49. The third kappa shape index (κ3) is 7.83. The lowest BCUT2D eigenvalue weighted by Gasteiger charge is -2.31. The van der Waals surface area contributed by atoms with E-state index in [1.54, 1.807) is 25.3 Å². The van der Waals surface area contributed by atoms with Crippen molar-refractivity contribution in [2.45, 2.75) is 96.7 Å². The third-order valence-corrected chi connectivity index (χ3v) is 12.6. The van der Waals surface area contributed by atoms with Crippen LogP contribution in [0.25, 0.3) is 0 Å². The Balaban J connectivity index is 1.82. The summed E-state index contributed by atoms with van der Waals surface area (Å²) in [4.78, 5) is 40.3. The quantitative estimate of drug-likeness (QED) is 0.321. The number of aryl methyl sites for hydroxylation is 1. The number of nitrogens with one attached hydrogen (secondary N) is 1. The van der Waals surface area contributed by atoms with Crippen molar-refractivity contribution >= 4 is 25.9 Å². The van der Waals surface area contributed by atoms with Gasteiger partial charge in [-0.1, -0.05) is 71.0 Å². The second-order valence-electron chi connectivity index (χ2n) is 12.8. The molecule has 0 saturated carbocycles. The summed E-state index contributed by atoms with van der Waals surface area (Å²) < 4.78 is 1.49. The Morgan fingerprint density at radius 2 is 1.80 bits per heavy atom. The second-order valence-corrected chi connectivity index (χ2v) is 17.8. The minimum absolute atomic E-state index is 0.000982. The average molecular weight is 582 g/mol. The molecular weight excluding hydrogens is 538 g/mol. The molecule has 0 bridgehead atoms. The van der Waals surface area contributed by atoms with Gasteiger partial charge >= 0.3 is 5.97 Å². The largest absolute Gasteiger partial charge is 0.481 e. The molecule has 11 heteroatoms. The lowest BCUT2D eigenvalue weighted by atomic mass is 10.0. The first-order chi connectivity index (χ1) is 19.0. The van der Waals surface area contributed by atoms with E-state index in [9.17, 15) is 24.6 Å². The van der Waals surface area contributed by atoms with Gasteiger partial charge in [-0.2, -0.15) is 0 Å². The summed E-state index contributed by atoms with van der Waals surface area (Å²) in [6.45, 7) is 16.6. The number of aliphatic hydroxyl groups excluding tert-OH is 1. The van der Waals surface area contributed by atoms with Crippen molar-refractivity contribution in [1.82, 2.24) is 25.2 Å². The SMILES string of the molecule is Cc1cn(C(C(=O)N2C[C@H](O)C[C@H]2C(=O)N[C@@H](CC(=O)O)c2ccc(C#C[Si](C)(C)C(C)(C)C)cc2)C(C)C)nn1. The lowest BCUT2D eigenvalue weighted by molar-refractivity contribution is -0.143. The molecule has 2 aromatic rings. The van der Waals surface area contributed by atoms with Crippen LogP contribution in [0.3, 0.4) is 0 Å². The number of amides is 2. The van der Waals surface area contributed by atoms with Crippen LogP contribution in [-0.4, -0.2) is 74.7 Å². The summed E-state index contributed by atoms with van der Waals surface area (Å²) in [6, 6.07) is 4.74. The Morgan fingerprint density at radius 1 is 1.17 bits per heavy atom. The number of aromatic nitrogens is 3. The van der Waals surface area contributed by atoms with Gasteiger partial charge in [-0.3, -0.25) is 14.4 Å². The van der Waals surface area contributed by atoms with Gasteiger partial charge in [0.1, 0.15) is 20.2 Å². The van der Waals surface area contributed by atoms with Gasteiger partial charge in [0.05, 0.1) is 24.3 Å². The highest BCUT2D eigenvalue weighted by molar-refractivity contribution is 6.87. The van der Waals surface area contributed by atoms with Gasteiger partial charge in [-0.25, -0.2) is 4.68 Å². The fourth-order valence-corrected chi connectivity index (χ4v) is 5.42. The van der Waals surface area contributed by atoms with Gasteiger partial charge < -0.3 is 20.4 Å². The third-order valence-electron chi connectivity index (χ3n) is 8.06. The maximum atomic E-state index is 13.7. The summed E-state index contributed by atoms with van der Waals surface area (Å²) in [5, 5.41) is 31.0. The van der Waals surface area contributed by atoms with Crippen LogP contribution in [0, 0.1) is 24.3 Å². The van der Waals surface area contributed by atoms with Crippen molar-refractivity contribution in [2.24, 2.45) is 5.92 Å². The number of hydrogen-bond donors (Lipinski definition) is 3. The predicted molar refractivity (Wildman–Crippen MR) is 158 cm³/mol. The number of benzene rings is 1. The van der Waals surface area contributed by atoms with Gasteiger partial charge in [0, 0.05) is 24.7 Å². The van der Waals surface area contributed by atoms with Gasteiger partial charge in [0.2, 0.25) is 11.8 Å². The number of carboxylic acid groups (broad SMARTS) is 1. The molecule has 41 heavy (non-hydrogen) atoms. The first-order valence-corrected chi connectivity index (χ1v) is 17.0. The van der Waals surface area contributed by atoms with E-state index in [-0.39, 0.29) is 36.2 Å². The summed E-state index contributed by atoms with van der Waals surface area (Å²) in [6.07, 6.45) is 0.515. The molecule has 1 aromatic carbocycles. The number of rotatable bonds is 8. The maximum absolute atomic E-state index is 13.7. The van der Waals surface area contributed by atoms with E-state index in [4.69, 9.17) is 0 Å². The number of carbonyl (C=O) groups excluding carboxylic acids is 2. The standard InChI is InChI=1S/C30H43N5O5Si/c1-19(2)27(35-17-20(3)32-33-35)29(40)34-18-23(36)15-25(34)28(39)31-24(16-26(37)38)22-11-9-21(10-12-22)13-14-41(7,8)30(4,5)6/h9-12,17,19,23-25,27,36H,15-16,18H2,1-8H3,(H,31,39)(H,37,38)/t23-,24+,25+,27?/m1/s1. The Bertz CT molecular complexity index is 1320. The minimum Gasteiger partial charge on any atom is -0.481 e. The number of aliphatic hydroxyl groups is 1. The molecule has 1 fully saturated rings. The van der Waals surface area contributed by atoms with Gasteiger partial charge in [0.25, 0.3) is 0 Å². The Kier molecular flexibility index (Phi) is 9.82. The summed E-state index contributed by atoms with van der Waals surface area (Å²) >= 11 is 0. The molecule has 1 unspecified atom stereocenters. The summed E-state index contributed by atoms with van der Waals surface area (Å²) in [5.74, 6) is 1.18. The van der Waals surface area contributed by atoms with Crippen molar-refractivity contribution in [2.75, 3.05) is 6.54 Å². The zero-order valence-electron chi connectivity index (χ0n) is 25.3. The first-order valence-electron chi connectivity index (χ1n) is 14.0. The van der Waals surface area contributed by atoms with Crippen molar-refractivity contribution < 1.29 is 24.6 Å². The van der Waals surface area contributed by atoms with Crippen molar-refractivity contribution in [3.63, 3.8) is 0 Å². The molecule has 222 valence electrons. The van der Waals surface area contributed by atoms with Crippen molar-refractivity contribution in [3.05, 3.63) is 47.3 Å². The average Bonchev–Trinajstić information content (AvgIpc) is 3.47. The highest BCUT2D eigenvalue weighted by atomic mass is 28.3. The number of carboxylic acids is 1. The fraction of sp³-hybridized carbons (Fsp3) is 0.567. The van der Waals surface area contributed by atoms with Crippen molar-refractivity contribution in [1.29, 1.82) is 0 Å². The van der Waals surface area contributed by atoms with Crippen molar-refractivity contribution in [3.8, 4) is 11.5 Å². The number of aliphatic carboxylic acids is 1. The normalized spacial score (nSPS) is 18.9. The van der Waals surface area contributed by atoms with E-state index >= 15 is 0 Å². The molecule has 0 spiro atoms. The molecule has 3 rings (SSSR count). The topological polar surface area (TPSA) is 138 Å². The smallest absolute Gasteiger partial charge is 0.305 e. The van der Waals surface area contributed by atoms with Gasteiger partial charge in [0.15, 0.2) is 0 Å². The van der Waals surface area contributed by atoms with E-state index in [2.05, 4.69) is 61.0 Å². The highest BCUT2D eigenvalue weighted by Crippen LogP contribution is 2.35. The molecule has 1 saturated heterocycles. The molecule has 2 amide bonds. The van der Waals surface area contributed by atoms with Crippen LogP contribution in [0.15, 0.2) is 30.5 Å². The Morgan fingerprint density at radius 3 is 2.32 bits per heavy atom. The molecule has 1 aromatic heterocycles. The van der Waals surface area contributed by atoms with Crippen LogP contribution >= 0.6 is 0 Å². The number of carbonyl (C=O) groups is 3. The molecular formula is C30H43N5O5Si. The monoisotopic (exact) mass is 581 g/mol. The highest BCUT2D eigenvalue weighted by Gasteiger charge is 2.43. The number of hydrogen-bond acceptors (Lipinski definition) is 6. The molecule has 10 nitrogen and oxygen atoms in total. The number of β-amino-alcohol motifs (C(OH)–C–C–N with tert-alkyl or cyclic N) is 1. The van der Waals surface area contributed by atoms with Gasteiger partial charge in [-0.15, -0.1) is 10.6 Å². The van der Waals surface area contributed by atoms with E-state index in [1.807, 2.05) is 26.0 Å². The molecule has 0 radical (unpaired) electrons. The Labute approximate surface area is 243 Å². The molecule has 1 aliphatic heterocycles. The zero-order chi connectivity index (χ0) is 30.7. The first kappa shape index (κ1) is 32.0. The van der Waals surface area contributed by atoms with E-state index < -0.39 is 44.2 Å². The predicted octanol–water partition coefficient (Wildman–Crippen LogP) is 3.48. The molecule has 3 N–H and O–H groups in total. The molecule has 0 aliphatic carbocycles. The summed E-state index contributed by atoms with van der Waals surface area (Å²) in [7, 11) is -1.80. The molecule has 1 aliphatic rings. The molecule has 4 atom stereocenters. The zero-order valence-corrected chi connectivity index (χ0v) is 26.3. The van der Waals surface area contributed by atoms with Crippen LogP contribution in [0.5, 0.6) is 0 Å². The number of likely N-dealkylation sites (tertiary alicyclic amines) is 1. The van der Waals surface area contributed by atoms with Crippen LogP contribution in [0.1, 0.15) is 76.4 Å². The maximum Gasteiger partial charge on any atom is 0.305 e. The van der Waals surface area contributed by atoms with Crippen LogP contribution in [0.4, 0.5) is 0 Å². The van der Waals surface area contributed by atoms with E-state index in [0.29, 0.717) is 11.3 Å². The van der Waals surface area contributed by atoms with E-state index in [0.717, 1.165) is 5.56 Å². The van der Waals surface area contributed by atoms with Crippen LogP contribution in [0.2, 0.25) is 18.1 Å².